The smallest absolute Gasteiger partial charge is 0.0547 e. The third kappa shape index (κ3) is 3.96. The Balaban J connectivity index is 1.30. The molecule has 0 N–H and O–H groups in total. The Hall–Kier alpha value is -6.52. The van der Waals surface area contributed by atoms with Crippen molar-refractivity contribution in [3.63, 3.8) is 0 Å². The molecule has 0 amide bonds. The van der Waals surface area contributed by atoms with Crippen molar-refractivity contribution in [2.75, 3.05) is 0 Å². The fraction of sp³-hybridized carbons (Fsp3) is 0. The van der Waals surface area contributed by atoms with Gasteiger partial charge in [-0.1, -0.05) is 78.9 Å². The normalized spacial score (nSPS) is 11.8. The number of hydrogen-bond acceptors (Lipinski definition) is 2. The van der Waals surface area contributed by atoms with E-state index in [0.717, 1.165) is 27.9 Å². The van der Waals surface area contributed by atoms with Gasteiger partial charge in [-0.2, -0.15) is 0 Å². The highest BCUT2D eigenvalue weighted by molar-refractivity contribution is 6.29. The molecule has 4 nitrogen and oxygen atoms in total. The van der Waals surface area contributed by atoms with Gasteiger partial charge in [0.2, 0.25) is 0 Å². The first-order chi connectivity index (χ1) is 23.8. The van der Waals surface area contributed by atoms with Crippen LogP contribution in [-0.2, 0) is 0 Å². The lowest BCUT2D eigenvalue weighted by atomic mass is 9.99. The molecule has 4 aromatic heterocycles. The van der Waals surface area contributed by atoms with Crippen molar-refractivity contribution in [3.05, 3.63) is 170 Å². The second kappa shape index (κ2) is 10.5. The molecule has 10 rings (SSSR count). The van der Waals surface area contributed by atoms with Crippen molar-refractivity contribution in [1.29, 1.82) is 0 Å². The van der Waals surface area contributed by atoms with Crippen molar-refractivity contribution < 1.29 is 0 Å². The van der Waals surface area contributed by atoms with Gasteiger partial charge in [-0.25, -0.2) is 0 Å². The maximum Gasteiger partial charge on any atom is 0.0547 e. The van der Waals surface area contributed by atoms with Crippen molar-refractivity contribution in [3.8, 4) is 33.6 Å². The Morgan fingerprint density at radius 1 is 0.333 bits per heavy atom. The summed E-state index contributed by atoms with van der Waals surface area (Å²) in [4.78, 5) is 8.87. The van der Waals surface area contributed by atoms with E-state index >= 15 is 0 Å². The Morgan fingerprint density at radius 2 is 0.833 bits per heavy atom. The molecular weight excluding hydrogens is 585 g/mol. The van der Waals surface area contributed by atoms with E-state index in [1.165, 1.54) is 60.1 Å². The lowest BCUT2D eigenvalue weighted by molar-refractivity contribution is 1.18. The van der Waals surface area contributed by atoms with Gasteiger partial charge in [0, 0.05) is 68.8 Å². The van der Waals surface area contributed by atoms with Gasteiger partial charge in [-0.3, -0.25) is 9.97 Å². The molecule has 224 valence electrons. The van der Waals surface area contributed by atoms with Crippen LogP contribution in [0.25, 0.3) is 88.0 Å². The summed E-state index contributed by atoms with van der Waals surface area (Å²) in [6.45, 7) is 0. The van der Waals surface area contributed by atoms with Gasteiger partial charge in [0.25, 0.3) is 0 Å². The maximum absolute atomic E-state index is 4.44. The van der Waals surface area contributed by atoms with Crippen LogP contribution < -0.4 is 0 Å². The molecular formula is C44H28N4. The lowest BCUT2D eigenvalue weighted by Gasteiger charge is -2.14. The first kappa shape index (κ1) is 26.7. The number of pyridine rings is 2. The minimum atomic E-state index is 1.08. The molecule has 0 aliphatic rings. The highest BCUT2D eigenvalue weighted by Gasteiger charge is 2.20. The van der Waals surface area contributed by atoms with Crippen molar-refractivity contribution in [2.24, 2.45) is 0 Å². The standard InChI is InChI=1S/C44H28N4/c1-2-12-33(13-3-1)47-39-16-6-4-14-37(39)43-35-19-21-42-44(36(35)18-20-41(43)47)38-15-5-7-17-40(38)48(42)34-25-31(29-10-8-22-45-27-29)24-32(26-34)30-11-9-23-46-28-30/h1-28H. The summed E-state index contributed by atoms with van der Waals surface area (Å²) in [7, 11) is 0. The van der Waals surface area contributed by atoms with E-state index in [1.54, 1.807) is 0 Å². The molecule has 0 aliphatic carbocycles. The lowest BCUT2D eigenvalue weighted by Crippen LogP contribution is -1.96. The summed E-state index contributed by atoms with van der Waals surface area (Å²) in [5, 5.41) is 7.55. The van der Waals surface area contributed by atoms with Gasteiger partial charge >= 0.3 is 0 Å². The number of fused-ring (bicyclic) bond motifs is 9. The van der Waals surface area contributed by atoms with Crippen LogP contribution in [0.15, 0.2) is 170 Å². The molecule has 0 fully saturated rings. The maximum atomic E-state index is 4.44. The predicted octanol–water partition coefficient (Wildman–Crippen LogP) is 11.2. The molecule has 0 saturated heterocycles. The van der Waals surface area contributed by atoms with Gasteiger partial charge < -0.3 is 9.13 Å². The van der Waals surface area contributed by atoms with Gasteiger partial charge in [0.1, 0.15) is 0 Å². The number of rotatable bonds is 4. The van der Waals surface area contributed by atoms with E-state index < -0.39 is 0 Å². The van der Waals surface area contributed by atoms with Crippen LogP contribution in [0.3, 0.4) is 0 Å². The fourth-order valence-corrected chi connectivity index (χ4v) is 7.62. The summed E-state index contributed by atoms with van der Waals surface area (Å²) >= 11 is 0. The third-order valence-electron chi connectivity index (χ3n) is 9.65. The molecule has 48 heavy (non-hydrogen) atoms. The average molecular weight is 613 g/mol. The largest absolute Gasteiger partial charge is 0.309 e. The van der Waals surface area contributed by atoms with Gasteiger partial charge in [-0.05, 0) is 88.6 Å². The Morgan fingerprint density at radius 3 is 1.35 bits per heavy atom. The Kier molecular flexibility index (Phi) is 5.84. The molecule has 10 aromatic rings. The summed E-state index contributed by atoms with van der Waals surface area (Å²) in [6, 6.07) is 52.5. The molecule has 6 aromatic carbocycles. The Labute approximate surface area is 276 Å². The minimum Gasteiger partial charge on any atom is -0.309 e. The van der Waals surface area contributed by atoms with Gasteiger partial charge in [0.05, 0.1) is 22.1 Å². The number of nitrogens with zero attached hydrogens (tertiary/aromatic N) is 4. The van der Waals surface area contributed by atoms with Crippen LogP contribution in [0.5, 0.6) is 0 Å². The molecule has 0 unspecified atom stereocenters. The summed E-state index contributed by atoms with van der Waals surface area (Å²) < 4.78 is 4.81. The summed E-state index contributed by atoms with van der Waals surface area (Å²) in [5.41, 5.74) is 11.4. The van der Waals surface area contributed by atoms with E-state index in [9.17, 15) is 0 Å². The van der Waals surface area contributed by atoms with Crippen molar-refractivity contribution >= 4 is 54.4 Å². The number of para-hydroxylation sites is 3. The monoisotopic (exact) mass is 612 g/mol. The summed E-state index contributed by atoms with van der Waals surface area (Å²) in [6.07, 6.45) is 7.51. The zero-order chi connectivity index (χ0) is 31.6. The zero-order valence-corrected chi connectivity index (χ0v) is 26.0. The molecule has 0 saturated carbocycles. The first-order valence-electron chi connectivity index (χ1n) is 16.2. The molecule has 0 bridgehead atoms. The van der Waals surface area contributed by atoms with E-state index in [0.29, 0.717) is 0 Å². The zero-order valence-electron chi connectivity index (χ0n) is 26.0. The number of hydrogen-bond donors (Lipinski definition) is 0. The van der Waals surface area contributed by atoms with Crippen LogP contribution in [0.2, 0.25) is 0 Å². The molecule has 0 spiro atoms. The van der Waals surface area contributed by atoms with E-state index in [-0.39, 0.29) is 0 Å². The Bertz CT molecular complexity index is 2760. The molecule has 0 atom stereocenters. The van der Waals surface area contributed by atoms with Crippen molar-refractivity contribution in [1.82, 2.24) is 19.1 Å². The minimum absolute atomic E-state index is 1.08. The van der Waals surface area contributed by atoms with E-state index in [2.05, 4.69) is 153 Å². The average Bonchev–Trinajstić information content (AvgIpc) is 3.69. The molecule has 4 heteroatoms. The van der Waals surface area contributed by atoms with Gasteiger partial charge in [-0.15, -0.1) is 0 Å². The number of aromatic nitrogens is 4. The quantitative estimate of drug-likeness (QED) is 0.198. The second-order valence-corrected chi connectivity index (χ2v) is 12.3. The molecule has 4 heterocycles. The van der Waals surface area contributed by atoms with E-state index in [4.69, 9.17) is 0 Å². The topological polar surface area (TPSA) is 35.6 Å². The van der Waals surface area contributed by atoms with Gasteiger partial charge in [0.15, 0.2) is 0 Å². The second-order valence-electron chi connectivity index (χ2n) is 12.3. The van der Waals surface area contributed by atoms with Crippen molar-refractivity contribution in [2.45, 2.75) is 0 Å². The van der Waals surface area contributed by atoms with Crippen LogP contribution in [0, 0.1) is 0 Å². The van der Waals surface area contributed by atoms with Crippen LogP contribution in [0.4, 0.5) is 0 Å². The third-order valence-corrected chi connectivity index (χ3v) is 9.65. The SMILES string of the molecule is c1ccc(-n2c3ccccc3c3c4ccc5c(c4ccc32)c2ccccc2n5-c2cc(-c3cccnc3)cc(-c3cccnc3)c2)cc1. The molecule has 0 radical (unpaired) electrons. The summed E-state index contributed by atoms with van der Waals surface area (Å²) in [5.74, 6) is 0. The highest BCUT2D eigenvalue weighted by atomic mass is 15.0. The predicted molar refractivity (Wildman–Crippen MR) is 199 cm³/mol. The fourth-order valence-electron chi connectivity index (χ4n) is 7.62. The first-order valence-corrected chi connectivity index (χ1v) is 16.2. The highest BCUT2D eigenvalue weighted by Crippen LogP contribution is 2.43. The van der Waals surface area contributed by atoms with Crippen LogP contribution in [0.1, 0.15) is 0 Å². The van der Waals surface area contributed by atoms with Crippen LogP contribution in [-0.4, -0.2) is 19.1 Å². The molecule has 0 aliphatic heterocycles. The number of benzene rings is 6. The van der Waals surface area contributed by atoms with E-state index in [1.807, 2.05) is 36.9 Å². The van der Waals surface area contributed by atoms with Crippen LogP contribution >= 0.6 is 0 Å².